The van der Waals surface area contributed by atoms with E-state index in [0.29, 0.717) is 5.92 Å². The van der Waals surface area contributed by atoms with Crippen LogP contribution in [0.5, 0.6) is 0 Å². The summed E-state index contributed by atoms with van der Waals surface area (Å²) >= 11 is 0. The largest absolute Gasteiger partial charge is 0.260 e. The van der Waals surface area contributed by atoms with Crippen LogP contribution in [0.4, 0.5) is 0 Å². The Bertz CT molecular complexity index is 772. The Morgan fingerprint density at radius 1 is 0.700 bits per heavy atom. The van der Waals surface area contributed by atoms with Crippen LogP contribution in [-0.4, -0.2) is 4.98 Å². The maximum absolute atomic E-state index is 4.67. The first kappa shape index (κ1) is 10.4. The van der Waals surface area contributed by atoms with Crippen molar-refractivity contribution in [2.45, 2.75) is 11.3 Å². The molecular formula is C19H13N. The van der Waals surface area contributed by atoms with Gasteiger partial charge in [-0.3, -0.25) is 4.98 Å². The summed E-state index contributed by atoms with van der Waals surface area (Å²) in [5.41, 5.74) is 7.00. The summed E-state index contributed by atoms with van der Waals surface area (Å²) in [6, 6.07) is 23.9. The van der Waals surface area contributed by atoms with Crippen molar-refractivity contribution in [3.05, 3.63) is 101 Å². The molecule has 0 spiro atoms. The minimum atomic E-state index is 0.00838. The Kier molecular flexibility index (Phi) is 1.75. The number of nitrogens with zero attached hydrogens (tertiary/aromatic N) is 1. The molecule has 1 heteroatoms. The van der Waals surface area contributed by atoms with Crippen LogP contribution in [0.1, 0.15) is 33.9 Å². The molecule has 3 aromatic rings. The summed E-state index contributed by atoms with van der Waals surface area (Å²) in [6.07, 6.45) is 1.91. The standard InChI is InChI=1S/C19H13N/c1-3-9-15-13(7-1)18-14-8-2-4-10-16(14)19(15,18)17-11-5-6-12-20-17/h1-12,18H. The van der Waals surface area contributed by atoms with E-state index in [1.54, 1.807) is 0 Å². The van der Waals surface area contributed by atoms with Gasteiger partial charge in [-0.1, -0.05) is 54.6 Å². The third-order valence-electron chi connectivity index (χ3n) is 4.90. The fourth-order valence-electron chi connectivity index (χ4n) is 4.17. The highest BCUT2D eigenvalue weighted by molar-refractivity contribution is 5.76. The molecule has 0 saturated heterocycles. The van der Waals surface area contributed by atoms with E-state index < -0.39 is 0 Å². The summed E-state index contributed by atoms with van der Waals surface area (Å²) in [5.74, 6) is 0.491. The molecule has 0 saturated carbocycles. The van der Waals surface area contributed by atoms with E-state index in [1.807, 2.05) is 12.3 Å². The lowest BCUT2D eigenvalue weighted by Crippen LogP contribution is -2.54. The van der Waals surface area contributed by atoms with Gasteiger partial charge in [0.1, 0.15) is 0 Å². The van der Waals surface area contributed by atoms with Gasteiger partial charge in [0.25, 0.3) is 0 Å². The van der Waals surface area contributed by atoms with Gasteiger partial charge in [-0.05, 0) is 34.4 Å². The van der Waals surface area contributed by atoms with Gasteiger partial charge < -0.3 is 0 Å². The highest BCUT2D eigenvalue weighted by Gasteiger charge is 2.63. The van der Waals surface area contributed by atoms with Gasteiger partial charge in [0.2, 0.25) is 0 Å². The lowest BCUT2D eigenvalue weighted by atomic mass is 9.41. The van der Waals surface area contributed by atoms with Gasteiger partial charge in [-0.15, -0.1) is 0 Å². The summed E-state index contributed by atoms with van der Waals surface area (Å²) in [7, 11) is 0. The Morgan fingerprint density at radius 3 is 1.90 bits per heavy atom. The molecule has 1 heterocycles. The van der Waals surface area contributed by atoms with Crippen LogP contribution in [0.15, 0.2) is 72.9 Å². The average Bonchev–Trinajstić information content (AvgIpc) is 2.49. The number of hydrogen-bond acceptors (Lipinski definition) is 1. The van der Waals surface area contributed by atoms with Crippen LogP contribution in [0.25, 0.3) is 0 Å². The van der Waals surface area contributed by atoms with Gasteiger partial charge in [-0.2, -0.15) is 0 Å². The second-order valence-corrected chi connectivity index (χ2v) is 5.63. The lowest BCUT2D eigenvalue weighted by molar-refractivity contribution is 0.386. The monoisotopic (exact) mass is 255 g/mol. The topological polar surface area (TPSA) is 12.9 Å². The average molecular weight is 255 g/mol. The molecule has 2 aliphatic rings. The molecule has 0 aliphatic heterocycles. The molecule has 1 nitrogen and oxygen atoms in total. The summed E-state index contributed by atoms with van der Waals surface area (Å²) in [6.45, 7) is 0. The van der Waals surface area contributed by atoms with Gasteiger partial charge in [-0.25, -0.2) is 0 Å². The van der Waals surface area contributed by atoms with Crippen LogP contribution < -0.4 is 0 Å². The van der Waals surface area contributed by atoms with Crippen molar-refractivity contribution in [3.8, 4) is 0 Å². The SMILES string of the molecule is c1ccc(C23c4ccccc4C2c2ccccc23)nc1. The molecule has 0 fully saturated rings. The Morgan fingerprint density at radius 2 is 1.30 bits per heavy atom. The molecule has 0 bridgehead atoms. The molecule has 0 atom stereocenters. The molecule has 94 valence electrons. The Balaban J connectivity index is 1.86. The summed E-state index contributed by atoms with van der Waals surface area (Å²) in [4.78, 5) is 4.67. The van der Waals surface area contributed by atoms with Gasteiger partial charge in [0.05, 0.1) is 11.1 Å². The number of pyridine rings is 1. The van der Waals surface area contributed by atoms with Crippen LogP contribution in [0.3, 0.4) is 0 Å². The predicted molar refractivity (Wildman–Crippen MR) is 78.8 cm³/mol. The fourth-order valence-corrected chi connectivity index (χ4v) is 4.17. The number of hydrogen-bond donors (Lipinski definition) is 0. The minimum absolute atomic E-state index is 0.00838. The van der Waals surface area contributed by atoms with Crippen molar-refractivity contribution in [1.82, 2.24) is 4.98 Å². The van der Waals surface area contributed by atoms with E-state index >= 15 is 0 Å². The number of aromatic nitrogens is 1. The van der Waals surface area contributed by atoms with Crippen molar-refractivity contribution in [2.75, 3.05) is 0 Å². The first-order valence-corrected chi connectivity index (χ1v) is 7.04. The zero-order chi connectivity index (χ0) is 13.2. The third kappa shape index (κ3) is 0.935. The zero-order valence-electron chi connectivity index (χ0n) is 11.0. The molecule has 0 unspecified atom stereocenters. The van der Waals surface area contributed by atoms with Crippen LogP contribution in [0, 0.1) is 0 Å². The van der Waals surface area contributed by atoms with Crippen LogP contribution in [0.2, 0.25) is 0 Å². The van der Waals surface area contributed by atoms with Gasteiger partial charge in [0, 0.05) is 12.1 Å². The van der Waals surface area contributed by atoms with Crippen LogP contribution >= 0.6 is 0 Å². The Hall–Kier alpha value is -2.41. The molecule has 5 rings (SSSR count). The maximum Gasteiger partial charge on any atom is 0.0738 e. The van der Waals surface area contributed by atoms with E-state index in [2.05, 4.69) is 65.6 Å². The number of benzene rings is 2. The van der Waals surface area contributed by atoms with Crippen molar-refractivity contribution in [1.29, 1.82) is 0 Å². The highest BCUT2D eigenvalue weighted by atomic mass is 14.8. The van der Waals surface area contributed by atoms with Crippen molar-refractivity contribution in [2.24, 2.45) is 0 Å². The highest BCUT2D eigenvalue weighted by Crippen LogP contribution is 2.69. The first-order chi connectivity index (χ1) is 9.94. The van der Waals surface area contributed by atoms with Crippen molar-refractivity contribution in [3.63, 3.8) is 0 Å². The predicted octanol–water partition coefficient (Wildman–Crippen LogP) is 3.87. The van der Waals surface area contributed by atoms with E-state index in [-0.39, 0.29) is 5.41 Å². The zero-order valence-corrected chi connectivity index (χ0v) is 11.0. The van der Waals surface area contributed by atoms with Gasteiger partial charge in [0.15, 0.2) is 0 Å². The molecule has 0 radical (unpaired) electrons. The summed E-state index contributed by atoms with van der Waals surface area (Å²) < 4.78 is 0. The Labute approximate surface area is 117 Å². The van der Waals surface area contributed by atoms with Gasteiger partial charge >= 0.3 is 0 Å². The molecule has 1 aromatic heterocycles. The van der Waals surface area contributed by atoms with Crippen molar-refractivity contribution < 1.29 is 0 Å². The number of fused-ring (bicyclic) bond motifs is 7. The molecular weight excluding hydrogens is 242 g/mol. The van der Waals surface area contributed by atoms with E-state index in [0.717, 1.165) is 0 Å². The first-order valence-electron chi connectivity index (χ1n) is 7.04. The van der Waals surface area contributed by atoms with E-state index in [4.69, 9.17) is 0 Å². The fraction of sp³-hybridized carbons (Fsp3) is 0.105. The molecule has 0 amide bonds. The molecule has 2 aromatic carbocycles. The normalized spacial score (nSPS) is 24.7. The summed E-state index contributed by atoms with van der Waals surface area (Å²) in [5, 5.41) is 0. The minimum Gasteiger partial charge on any atom is -0.260 e. The van der Waals surface area contributed by atoms with Crippen molar-refractivity contribution >= 4 is 0 Å². The molecule has 20 heavy (non-hydrogen) atoms. The second kappa shape index (κ2) is 3.37. The van der Waals surface area contributed by atoms with E-state index in [1.165, 1.54) is 27.9 Å². The smallest absolute Gasteiger partial charge is 0.0738 e. The molecule has 0 N–H and O–H groups in total. The second-order valence-electron chi connectivity index (χ2n) is 5.63. The van der Waals surface area contributed by atoms with Crippen LogP contribution in [-0.2, 0) is 5.41 Å². The van der Waals surface area contributed by atoms with E-state index in [9.17, 15) is 0 Å². The lowest BCUT2D eigenvalue weighted by Gasteiger charge is -2.60. The quantitative estimate of drug-likeness (QED) is 0.643. The number of rotatable bonds is 1. The molecule has 2 aliphatic carbocycles. The maximum atomic E-state index is 4.67. The third-order valence-corrected chi connectivity index (χ3v) is 4.90.